The van der Waals surface area contributed by atoms with Crippen molar-refractivity contribution in [3.8, 4) is 0 Å². The van der Waals surface area contributed by atoms with E-state index in [9.17, 15) is 13.2 Å². The number of sulfonamides is 1. The molecule has 0 spiro atoms. The van der Waals surface area contributed by atoms with Crippen LogP contribution in [0.4, 0.5) is 0 Å². The van der Waals surface area contributed by atoms with Crippen molar-refractivity contribution < 1.29 is 17.9 Å². The van der Waals surface area contributed by atoms with Crippen LogP contribution in [0.2, 0.25) is 0 Å². The molecule has 1 amide bonds. The number of likely N-dealkylation sites (N-methyl/N-ethyl adjacent to an activating group) is 1. The maximum Gasteiger partial charge on any atom is 0.240 e. The molecule has 1 saturated heterocycles. The topological polar surface area (TPSA) is 75.7 Å². The van der Waals surface area contributed by atoms with Gasteiger partial charge in [0, 0.05) is 37.6 Å². The summed E-state index contributed by atoms with van der Waals surface area (Å²) in [5, 5.41) is 0. The average Bonchev–Trinajstić information content (AvgIpc) is 3.00. The smallest absolute Gasteiger partial charge is 0.240 e. The zero-order chi connectivity index (χ0) is 16.9. The highest BCUT2D eigenvalue weighted by Crippen LogP contribution is 2.16. The van der Waals surface area contributed by atoms with Gasteiger partial charge < -0.3 is 9.64 Å². The molecule has 0 aromatic heterocycles. The van der Waals surface area contributed by atoms with Crippen molar-refractivity contribution in [1.29, 1.82) is 0 Å². The Morgan fingerprint density at radius 1 is 1.48 bits per heavy atom. The van der Waals surface area contributed by atoms with E-state index in [1.54, 1.807) is 24.1 Å². The Kier molecular flexibility index (Phi) is 6.58. The standard InChI is InChI=1S/C15H21BrN2O4S/c1-18(11-13-5-3-9-22-13)15(19)7-8-17-23(20,21)14-6-2-4-12(16)10-14/h2,4,6,10,13,17H,3,5,7-9,11H2,1H3. The summed E-state index contributed by atoms with van der Waals surface area (Å²) in [4.78, 5) is 13.8. The molecular formula is C15H21BrN2O4S. The number of carbonyl (C=O) groups is 1. The van der Waals surface area contributed by atoms with E-state index in [-0.39, 0.29) is 29.9 Å². The Bertz CT molecular complexity index is 645. The second kappa shape index (κ2) is 8.23. The molecular weight excluding hydrogens is 384 g/mol. The molecule has 128 valence electrons. The number of nitrogens with zero attached hydrogens (tertiary/aromatic N) is 1. The van der Waals surface area contributed by atoms with Gasteiger partial charge in [-0.15, -0.1) is 0 Å². The van der Waals surface area contributed by atoms with E-state index in [1.807, 2.05) is 0 Å². The number of halogens is 1. The number of hydrogen-bond acceptors (Lipinski definition) is 4. The van der Waals surface area contributed by atoms with E-state index in [0.717, 1.165) is 19.4 Å². The molecule has 0 bridgehead atoms. The lowest BCUT2D eigenvalue weighted by atomic mass is 10.2. The molecule has 1 aliphatic rings. The summed E-state index contributed by atoms with van der Waals surface area (Å²) in [6.45, 7) is 1.37. The fourth-order valence-corrected chi connectivity index (χ4v) is 4.02. The molecule has 1 aromatic carbocycles. The van der Waals surface area contributed by atoms with Crippen molar-refractivity contribution in [3.63, 3.8) is 0 Å². The van der Waals surface area contributed by atoms with E-state index >= 15 is 0 Å². The van der Waals surface area contributed by atoms with E-state index in [2.05, 4.69) is 20.7 Å². The van der Waals surface area contributed by atoms with Gasteiger partial charge >= 0.3 is 0 Å². The van der Waals surface area contributed by atoms with Gasteiger partial charge in [-0.3, -0.25) is 4.79 Å². The number of ether oxygens (including phenoxy) is 1. The molecule has 0 saturated carbocycles. The van der Waals surface area contributed by atoms with Gasteiger partial charge in [0.2, 0.25) is 15.9 Å². The van der Waals surface area contributed by atoms with Crippen LogP contribution in [0, 0.1) is 0 Å². The summed E-state index contributed by atoms with van der Waals surface area (Å²) in [5.74, 6) is -0.0996. The molecule has 6 nitrogen and oxygen atoms in total. The third kappa shape index (κ3) is 5.56. The zero-order valence-corrected chi connectivity index (χ0v) is 15.4. The third-order valence-electron chi connectivity index (χ3n) is 3.66. The maximum absolute atomic E-state index is 12.1. The molecule has 8 heteroatoms. The zero-order valence-electron chi connectivity index (χ0n) is 13.0. The number of carbonyl (C=O) groups excluding carboxylic acids is 1. The lowest BCUT2D eigenvalue weighted by Gasteiger charge is -2.20. The van der Waals surface area contributed by atoms with Gasteiger partial charge in [0.25, 0.3) is 0 Å². The summed E-state index contributed by atoms with van der Waals surface area (Å²) in [7, 11) is -1.89. The highest BCUT2D eigenvalue weighted by atomic mass is 79.9. The van der Waals surface area contributed by atoms with Gasteiger partial charge in [-0.25, -0.2) is 13.1 Å². The largest absolute Gasteiger partial charge is 0.376 e. The van der Waals surface area contributed by atoms with Crippen molar-refractivity contribution in [2.75, 3.05) is 26.7 Å². The first-order valence-corrected chi connectivity index (χ1v) is 9.77. The van der Waals surface area contributed by atoms with Gasteiger partial charge in [-0.2, -0.15) is 0 Å². The Balaban J connectivity index is 1.80. The lowest BCUT2D eigenvalue weighted by molar-refractivity contribution is -0.131. The number of amides is 1. The van der Waals surface area contributed by atoms with Crippen molar-refractivity contribution in [1.82, 2.24) is 9.62 Å². The summed E-state index contributed by atoms with van der Waals surface area (Å²) in [5.41, 5.74) is 0. The fraction of sp³-hybridized carbons (Fsp3) is 0.533. The Morgan fingerprint density at radius 2 is 2.26 bits per heavy atom. The van der Waals surface area contributed by atoms with Gasteiger partial charge in [-0.05, 0) is 31.0 Å². The first kappa shape index (κ1) is 18.4. The highest BCUT2D eigenvalue weighted by molar-refractivity contribution is 9.10. The van der Waals surface area contributed by atoms with Crippen LogP contribution in [0.15, 0.2) is 33.6 Å². The lowest BCUT2D eigenvalue weighted by Crippen LogP contribution is -2.36. The monoisotopic (exact) mass is 404 g/mol. The average molecular weight is 405 g/mol. The number of benzene rings is 1. The fourth-order valence-electron chi connectivity index (χ4n) is 2.40. The van der Waals surface area contributed by atoms with Crippen molar-refractivity contribution in [2.45, 2.75) is 30.3 Å². The molecule has 1 fully saturated rings. The normalized spacial score (nSPS) is 18.1. The summed E-state index contributed by atoms with van der Waals surface area (Å²) < 4.78 is 32.9. The molecule has 1 aliphatic heterocycles. The third-order valence-corrected chi connectivity index (χ3v) is 5.62. The number of rotatable bonds is 7. The molecule has 1 aromatic rings. The number of nitrogens with one attached hydrogen (secondary N) is 1. The van der Waals surface area contributed by atoms with Crippen molar-refractivity contribution in [2.24, 2.45) is 0 Å². The first-order chi connectivity index (χ1) is 10.9. The minimum Gasteiger partial charge on any atom is -0.376 e. The second-order valence-electron chi connectivity index (χ2n) is 5.51. The predicted molar refractivity (Wildman–Crippen MR) is 90.6 cm³/mol. The van der Waals surface area contributed by atoms with E-state index in [0.29, 0.717) is 11.0 Å². The van der Waals surface area contributed by atoms with Crippen LogP contribution < -0.4 is 4.72 Å². The van der Waals surface area contributed by atoms with Crippen molar-refractivity contribution in [3.05, 3.63) is 28.7 Å². The molecule has 0 radical (unpaired) electrons. The first-order valence-electron chi connectivity index (χ1n) is 7.49. The molecule has 1 heterocycles. The van der Waals surface area contributed by atoms with Crippen LogP contribution in [0.5, 0.6) is 0 Å². The molecule has 0 aliphatic carbocycles. The Morgan fingerprint density at radius 3 is 2.91 bits per heavy atom. The van der Waals surface area contributed by atoms with Crippen LogP contribution in [0.1, 0.15) is 19.3 Å². The van der Waals surface area contributed by atoms with E-state index < -0.39 is 10.0 Å². The van der Waals surface area contributed by atoms with Gasteiger partial charge in [-0.1, -0.05) is 22.0 Å². The van der Waals surface area contributed by atoms with Crippen LogP contribution in [0.3, 0.4) is 0 Å². The van der Waals surface area contributed by atoms with Crippen LogP contribution in [0.25, 0.3) is 0 Å². The van der Waals surface area contributed by atoms with Crippen LogP contribution >= 0.6 is 15.9 Å². The van der Waals surface area contributed by atoms with E-state index in [4.69, 9.17) is 4.74 Å². The predicted octanol–water partition coefficient (Wildman–Crippen LogP) is 1.75. The number of hydrogen-bond donors (Lipinski definition) is 1. The Labute approximate surface area is 145 Å². The maximum atomic E-state index is 12.1. The molecule has 23 heavy (non-hydrogen) atoms. The molecule has 1 unspecified atom stereocenters. The summed E-state index contributed by atoms with van der Waals surface area (Å²) in [6.07, 6.45) is 2.21. The van der Waals surface area contributed by atoms with E-state index in [1.165, 1.54) is 12.1 Å². The molecule has 1 N–H and O–H groups in total. The quantitative estimate of drug-likeness (QED) is 0.750. The summed E-state index contributed by atoms with van der Waals surface area (Å²) in [6, 6.07) is 6.44. The van der Waals surface area contributed by atoms with Gasteiger partial charge in [0.05, 0.1) is 11.0 Å². The highest BCUT2D eigenvalue weighted by Gasteiger charge is 2.20. The van der Waals surface area contributed by atoms with Crippen molar-refractivity contribution >= 4 is 31.9 Å². The van der Waals surface area contributed by atoms with Gasteiger partial charge in [0.1, 0.15) is 0 Å². The summed E-state index contributed by atoms with van der Waals surface area (Å²) >= 11 is 3.24. The minimum atomic E-state index is -3.60. The molecule has 2 rings (SSSR count). The van der Waals surface area contributed by atoms with Crippen LogP contribution in [-0.4, -0.2) is 52.1 Å². The minimum absolute atomic E-state index is 0.0730. The molecule has 1 atom stereocenters. The Hall–Kier alpha value is -0.960. The second-order valence-corrected chi connectivity index (χ2v) is 8.20. The SMILES string of the molecule is CN(CC1CCCO1)C(=O)CCNS(=O)(=O)c1cccc(Br)c1. The van der Waals surface area contributed by atoms with Crippen LogP contribution in [-0.2, 0) is 19.6 Å². The van der Waals surface area contributed by atoms with Gasteiger partial charge in [0.15, 0.2) is 0 Å².